The SMILES string of the molecule is CCOc1cccc(CCCCC2CCC(CS(=O)(=O)C(C)(C)CC)CC2)c1Cl. The number of ether oxygens (including phenoxy) is 1. The molecular formula is C24H39ClO3S. The maximum Gasteiger partial charge on any atom is 0.155 e. The monoisotopic (exact) mass is 442 g/mol. The summed E-state index contributed by atoms with van der Waals surface area (Å²) in [7, 11) is -3.01. The summed E-state index contributed by atoms with van der Waals surface area (Å²) in [4.78, 5) is 0. The van der Waals surface area contributed by atoms with Crippen molar-refractivity contribution in [2.75, 3.05) is 12.4 Å². The van der Waals surface area contributed by atoms with Crippen LogP contribution in [0.2, 0.25) is 5.02 Å². The van der Waals surface area contributed by atoms with Crippen molar-refractivity contribution in [3.63, 3.8) is 0 Å². The molecular weight excluding hydrogens is 404 g/mol. The Labute approximate surface area is 183 Å². The van der Waals surface area contributed by atoms with Crippen LogP contribution < -0.4 is 4.74 Å². The molecule has 0 N–H and O–H groups in total. The first-order valence-electron chi connectivity index (χ1n) is 11.3. The summed E-state index contributed by atoms with van der Waals surface area (Å²) in [6.45, 7) is 8.30. The summed E-state index contributed by atoms with van der Waals surface area (Å²) >= 11 is 6.45. The molecule has 3 nitrogen and oxygen atoms in total. The minimum absolute atomic E-state index is 0.349. The van der Waals surface area contributed by atoms with E-state index in [1.807, 2.05) is 39.8 Å². The molecule has 1 saturated carbocycles. The van der Waals surface area contributed by atoms with E-state index in [0.717, 1.165) is 42.4 Å². The Balaban J connectivity index is 1.71. The molecule has 0 bridgehead atoms. The van der Waals surface area contributed by atoms with Crippen LogP contribution >= 0.6 is 11.6 Å². The molecule has 1 aromatic carbocycles. The van der Waals surface area contributed by atoms with Gasteiger partial charge in [-0.3, -0.25) is 0 Å². The number of halogens is 1. The van der Waals surface area contributed by atoms with Gasteiger partial charge in [-0.25, -0.2) is 8.42 Å². The minimum Gasteiger partial charge on any atom is -0.492 e. The first-order chi connectivity index (χ1) is 13.7. The Morgan fingerprint density at radius 3 is 2.34 bits per heavy atom. The van der Waals surface area contributed by atoms with Gasteiger partial charge in [0.05, 0.1) is 22.1 Å². The molecule has 1 fully saturated rings. The molecule has 166 valence electrons. The number of hydrogen-bond acceptors (Lipinski definition) is 3. The smallest absolute Gasteiger partial charge is 0.155 e. The first kappa shape index (κ1) is 24.5. The maximum absolute atomic E-state index is 12.7. The second-order valence-electron chi connectivity index (χ2n) is 9.19. The molecule has 5 heteroatoms. The molecule has 0 heterocycles. The number of benzene rings is 1. The molecule has 0 aromatic heterocycles. The second kappa shape index (κ2) is 11.0. The molecule has 1 aliphatic rings. The fourth-order valence-electron chi connectivity index (χ4n) is 4.21. The van der Waals surface area contributed by atoms with E-state index in [1.165, 1.54) is 31.2 Å². The summed E-state index contributed by atoms with van der Waals surface area (Å²) in [5, 5.41) is 0.756. The van der Waals surface area contributed by atoms with E-state index < -0.39 is 14.6 Å². The lowest BCUT2D eigenvalue weighted by Crippen LogP contribution is -2.36. The molecule has 1 aromatic rings. The second-order valence-corrected chi connectivity index (χ2v) is 12.2. The van der Waals surface area contributed by atoms with Crippen molar-refractivity contribution in [3.8, 4) is 5.75 Å². The normalized spacial score (nSPS) is 20.6. The zero-order valence-corrected chi connectivity index (χ0v) is 20.2. The Morgan fingerprint density at radius 2 is 1.72 bits per heavy atom. The summed E-state index contributed by atoms with van der Waals surface area (Å²) in [5.74, 6) is 2.25. The lowest BCUT2D eigenvalue weighted by Gasteiger charge is -2.31. The number of sulfone groups is 1. The fraction of sp³-hybridized carbons (Fsp3) is 0.750. The molecule has 2 rings (SSSR count). The van der Waals surface area contributed by atoms with Crippen LogP contribution in [-0.4, -0.2) is 25.5 Å². The van der Waals surface area contributed by atoms with E-state index in [0.29, 0.717) is 24.7 Å². The molecule has 0 atom stereocenters. The van der Waals surface area contributed by atoms with Crippen molar-refractivity contribution < 1.29 is 13.2 Å². The average Bonchev–Trinajstić information content (AvgIpc) is 2.69. The minimum atomic E-state index is -3.01. The Bertz CT molecular complexity index is 734. The Hall–Kier alpha value is -0.740. The molecule has 0 unspecified atom stereocenters. The van der Waals surface area contributed by atoms with Gasteiger partial charge in [-0.15, -0.1) is 0 Å². The van der Waals surface area contributed by atoms with E-state index >= 15 is 0 Å². The third-order valence-electron chi connectivity index (χ3n) is 6.77. The average molecular weight is 443 g/mol. The van der Waals surface area contributed by atoms with Crippen LogP contribution in [0, 0.1) is 11.8 Å². The van der Waals surface area contributed by atoms with Gasteiger partial charge in [0.2, 0.25) is 0 Å². The van der Waals surface area contributed by atoms with Crippen molar-refractivity contribution in [1.82, 2.24) is 0 Å². The van der Waals surface area contributed by atoms with Crippen LogP contribution in [0.1, 0.15) is 84.6 Å². The highest BCUT2D eigenvalue weighted by molar-refractivity contribution is 7.92. The number of rotatable bonds is 11. The molecule has 29 heavy (non-hydrogen) atoms. The van der Waals surface area contributed by atoms with Crippen LogP contribution in [0.5, 0.6) is 5.75 Å². The highest BCUT2D eigenvalue weighted by Gasteiger charge is 2.35. The molecule has 0 amide bonds. The van der Waals surface area contributed by atoms with Gasteiger partial charge in [0, 0.05) is 0 Å². The number of hydrogen-bond donors (Lipinski definition) is 0. The predicted molar refractivity (Wildman–Crippen MR) is 124 cm³/mol. The highest BCUT2D eigenvalue weighted by Crippen LogP contribution is 2.35. The molecule has 0 saturated heterocycles. The van der Waals surface area contributed by atoms with Crippen LogP contribution in [0.15, 0.2) is 18.2 Å². The van der Waals surface area contributed by atoms with Crippen molar-refractivity contribution in [2.45, 2.75) is 90.2 Å². The van der Waals surface area contributed by atoms with Gasteiger partial charge in [-0.2, -0.15) is 0 Å². The third-order valence-corrected chi connectivity index (χ3v) is 10.1. The topological polar surface area (TPSA) is 43.4 Å². The van der Waals surface area contributed by atoms with Gasteiger partial charge in [0.1, 0.15) is 5.75 Å². The van der Waals surface area contributed by atoms with Crippen LogP contribution in [0.3, 0.4) is 0 Å². The maximum atomic E-state index is 12.7. The van der Waals surface area contributed by atoms with Crippen LogP contribution in [-0.2, 0) is 16.3 Å². The zero-order chi connectivity index (χ0) is 21.5. The van der Waals surface area contributed by atoms with E-state index in [2.05, 4.69) is 6.07 Å². The largest absolute Gasteiger partial charge is 0.492 e. The molecule has 0 radical (unpaired) electrons. The van der Waals surface area contributed by atoms with Crippen LogP contribution in [0.25, 0.3) is 0 Å². The van der Waals surface area contributed by atoms with E-state index in [1.54, 1.807) is 0 Å². The van der Waals surface area contributed by atoms with Gasteiger partial charge >= 0.3 is 0 Å². The van der Waals surface area contributed by atoms with Crippen molar-refractivity contribution >= 4 is 21.4 Å². The zero-order valence-electron chi connectivity index (χ0n) is 18.7. The summed E-state index contributed by atoms with van der Waals surface area (Å²) < 4.78 is 30.3. The van der Waals surface area contributed by atoms with Crippen LogP contribution in [0.4, 0.5) is 0 Å². The van der Waals surface area contributed by atoms with Gasteiger partial charge in [-0.05, 0) is 76.3 Å². The van der Waals surface area contributed by atoms with E-state index in [-0.39, 0.29) is 0 Å². The molecule has 0 aliphatic heterocycles. The van der Waals surface area contributed by atoms with Crippen molar-refractivity contribution in [2.24, 2.45) is 11.8 Å². The quantitative estimate of drug-likeness (QED) is 0.351. The van der Waals surface area contributed by atoms with Gasteiger partial charge < -0.3 is 4.74 Å². The lowest BCUT2D eigenvalue weighted by molar-refractivity contribution is 0.272. The number of unbranched alkanes of at least 4 members (excludes halogenated alkanes) is 1. The third kappa shape index (κ3) is 6.89. The Kier molecular flexibility index (Phi) is 9.34. The highest BCUT2D eigenvalue weighted by atomic mass is 35.5. The van der Waals surface area contributed by atoms with E-state index in [9.17, 15) is 8.42 Å². The number of aryl methyl sites for hydroxylation is 1. The van der Waals surface area contributed by atoms with Crippen molar-refractivity contribution in [3.05, 3.63) is 28.8 Å². The molecule has 0 spiro atoms. The first-order valence-corrected chi connectivity index (χ1v) is 13.4. The van der Waals surface area contributed by atoms with E-state index in [4.69, 9.17) is 16.3 Å². The van der Waals surface area contributed by atoms with Gasteiger partial charge in [-0.1, -0.05) is 56.3 Å². The lowest BCUT2D eigenvalue weighted by atomic mass is 9.80. The standard InChI is InChI=1S/C24H39ClO3S/c1-5-24(3,4)29(26,27)18-20-16-14-19(15-17-20)10-7-8-11-21-12-9-13-22(23(21)25)28-6-2/h9,12-13,19-20H,5-8,10-11,14-18H2,1-4H3. The fourth-order valence-corrected chi connectivity index (χ4v) is 6.33. The van der Waals surface area contributed by atoms with Gasteiger partial charge in [0.25, 0.3) is 0 Å². The summed E-state index contributed by atoms with van der Waals surface area (Å²) in [6, 6.07) is 6.03. The predicted octanol–water partition coefficient (Wildman–Crippen LogP) is 6.86. The van der Waals surface area contributed by atoms with Gasteiger partial charge in [0.15, 0.2) is 9.84 Å². The summed E-state index contributed by atoms with van der Waals surface area (Å²) in [5.41, 5.74) is 1.17. The Morgan fingerprint density at radius 1 is 1.07 bits per heavy atom. The summed E-state index contributed by atoms with van der Waals surface area (Å²) in [6.07, 6.45) is 9.71. The van der Waals surface area contributed by atoms with Crippen molar-refractivity contribution in [1.29, 1.82) is 0 Å². The molecule has 1 aliphatic carbocycles.